The second kappa shape index (κ2) is 11.3. The van der Waals surface area contributed by atoms with Crippen LogP contribution in [0.4, 0.5) is 0 Å². The summed E-state index contributed by atoms with van der Waals surface area (Å²) in [5.74, 6) is 0.754. The first kappa shape index (κ1) is 22.6. The van der Waals surface area contributed by atoms with Crippen LogP contribution in [0.2, 0.25) is 0 Å². The van der Waals surface area contributed by atoms with Gasteiger partial charge in [-0.2, -0.15) is 0 Å². The normalized spacial score (nSPS) is 14.0. The minimum absolute atomic E-state index is 0.00437. The molecule has 6 heteroatoms. The molecule has 0 aromatic heterocycles. The average molecular weight is 444 g/mol. The number of benzene rings is 3. The number of carbonyl (C=O) groups excluding carboxylic acids is 2. The molecule has 170 valence electrons. The Hall–Kier alpha value is -3.64. The number of nitrogens with one attached hydrogen (secondary N) is 1. The molecule has 6 nitrogen and oxygen atoms in total. The highest BCUT2D eigenvalue weighted by Crippen LogP contribution is 2.16. The van der Waals surface area contributed by atoms with E-state index in [-0.39, 0.29) is 11.8 Å². The topological polar surface area (TPSA) is 61.9 Å². The zero-order valence-electron chi connectivity index (χ0n) is 18.7. The number of hydrogen-bond donors (Lipinski definition) is 1. The van der Waals surface area contributed by atoms with E-state index in [9.17, 15) is 9.59 Å². The molecule has 2 amide bonds. The molecular weight excluding hydrogens is 414 g/mol. The van der Waals surface area contributed by atoms with Gasteiger partial charge in [-0.1, -0.05) is 60.7 Å². The Morgan fingerprint density at radius 2 is 1.36 bits per heavy atom. The van der Waals surface area contributed by atoms with Gasteiger partial charge >= 0.3 is 0 Å². The van der Waals surface area contributed by atoms with Crippen molar-refractivity contribution >= 4 is 11.8 Å². The van der Waals surface area contributed by atoms with Crippen molar-refractivity contribution in [2.75, 3.05) is 32.7 Å². The summed E-state index contributed by atoms with van der Waals surface area (Å²) in [5, 5.41) is 2.96. The van der Waals surface area contributed by atoms with E-state index in [0.717, 1.165) is 16.9 Å². The van der Waals surface area contributed by atoms with E-state index in [1.165, 1.54) is 0 Å². The van der Waals surface area contributed by atoms with Gasteiger partial charge in [-0.25, -0.2) is 0 Å². The number of amides is 2. The molecule has 3 aromatic carbocycles. The van der Waals surface area contributed by atoms with E-state index in [2.05, 4.69) is 10.2 Å². The maximum atomic E-state index is 12.9. The molecule has 1 heterocycles. The molecule has 3 aromatic rings. The maximum absolute atomic E-state index is 12.9. The van der Waals surface area contributed by atoms with E-state index < -0.39 is 0 Å². The Balaban J connectivity index is 1.20. The lowest BCUT2D eigenvalue weighted by molar-refractivity contribution is -0.122. The fourth-order valence-electron chi connectivity index (χ4n) is 3.78. The third-order valence-corrected chi connectivity index (χ3v) is 5.71. The first-order valence-electron chi connectivity index (χ1n) is 11.3. The van der Waals surface area contributed by atoms with E-state index in [4.69, 9.17) is 4.74 Å². The second-order valence-corrected chi connectivity index (χ2v) is 8.13. The fraction of sp³-hybridized carbons (Fsp3) is 0.259. The molecule has 0 atom stereocenters. The van der Waals surface area contributed by atoms with Gasteiger partial charge in [-0.3, -0.25) is 14.5 Å². The number of carbonyl (C=O) groups is 2. The van der Waals surface area contributed by atoms with Crippen LogP contribution in [0.3, 0.4) is 0 Å². The number of nitrogens with zero attached hydrogens (tertiary/aromatic N) is 2. The van der Waals surface area contributed by atoms with Gasteiger partial charge < -0.3 is 15.0 Å². The van der Waals surface area contributed by atoms with Crippen LogP contribution in [0.1, 0.15) is 21.5 Å². The zero-order chi connectivity index (χ0) is 22.9. The molecule has 1 saturated heterocycles. The predicted octanol–water partition coefficient (Wildman–Crippen LogP) is 3.34. The predicted molar refractivity (Wildman–Crippen MR) is 128 cm³/mol. The first-order chi connectivity index (χ1) is 16.2. The monoisotopic (exact) mass is 443 g/mol. The van der Waals surface area contributed by atoms with Gasteiger partial charge in [0, 0.05) is 38.3 Å². The van der Waals surface area contributed by atoms with Crippen LogP contribution in [0.25, 0.3) is 0 Å². The molecule has 0 spiro atoms. The van der Waals surface area contributed by atoms with Crippen molar-refractivity contribution in [1.29, 1.82) is 0 Å². The number of hydrogen-bond acceptors (Lipinski definition) is 4. The summed E-state index contributed by atoms with van der Waals surface area (Å²) < 4.78 is 5.80. The van der Waals surface area contributed by atoms with Crippen molar-refractivity contribution in [3.8, 4) is 5.75 Å². The summed E-state index contributed by atoms with van der Waals surface area (Å²) in [6.07, 6.45) is 0. The Kier molecular flexibility index (Phi) is 7.72. The van der Waals surface area contributed by atoms with Crippen molar-refractivity contribution in [2.45, 2.75) is 13.2 Å². The molecule has 1 aliphatic heterocycles. The van der Waals surface area contributed by atoms with Crippen molar-refractivity contribution in [2.24, 2.45) is 0 Å². The fourth-order valence-corrected chi connectivity index (χ4v) is 3.78. The quantitative estimate of drug-likeness (QED) is 0.580. The van der Waals surface area contributed by atoms with E-state index in [0.29, 0.717) is 51.4 Å². The zero-order valence-corrected chi connectivity index (χ0v) is 18.7. The van der Waals surface area contributed by atoms with Gasteiger partial charge in [-0.15, -0.1) is 0 Å². The molecule has 1 aliphatic rings. The summed E-state index contributed by atoms with van der Waals surface area (Å²) >= 11 is 0. The van der Waals surface area contributed by atoms with Crippen molar-refractivity contribution in [1.82, 2.24) is 15.1 Å². The SMILES string of the molecule is O=C(CN1CCN(C(=O)c2ccc(OCc3ccccc3)cc2)CC1)NCc1ccccc1. The summed E-state index contributed by atoms with van der Waals surface area (Å²) in [7, 11) is 0. The van der Waals surface area contributed by atoms with E-state index in [1.807, 2.05) is 89.8 Å². The van der Waals surface area contributed by atoms with Crippen LogP contribution in [0.5, 0.6) is 5.75 Å². The van der Waals surface area contributed by atoms with E-state index >= 15 is 0 Å². The van der Waals surface area contributed by atoms with Gasteiger partial charge in [0.2, 0.25) is 5.91 Å². The van der Waals surface area contributed by atoms with Gasteiger partial charge in [0.05, 0.1) is 6.54 Å². The summed E-state index contributed by atoms with van der Waals surface area (Å²) in [6.45, 7) is 3.96. The molecule has 0 unspecified atom stereocenters. The van der Waals surface area contributed by atoms with Gasteiger partial charge in [0.15, 0.2) is 0 Å². The average Bonchev–Trinajstić information content (AvgIpc) is 2.88. The molecule has 33 heavy (non-hydrogen) atoms. The largest absolute Gasteiger partial charge is 0.489 e. The standard InChI is InChI=1S/C27H29N3O3/c31-26(28-19-22-7-3-1-4-8-22)20-29-15-17-30(18-16-29)27(32)24-11-13-25(14-12-24)33-21-23-9-5-2-6-10-23/h1-14H,15-21H2,(H,28,31). The third kappa shape index (κ3) is 6.67. The minimum Gasteiger partial charge on any atom is -0.489 e. The maximum Gasteiger partial charge on any atom is 0.253 e. The van der Waals surface area contributed by atoms with Crippen molar-refractivity contribution in [3.05, 3.63) is 102 Å². The second-order valence-electron chi connectivity index (χ2n) is 8.13. The Morgan fingerprint density at radius 3 is 2.00 bits per heavy atom. The van der Waals surface area contributed by atoms with Gasteiger partial charge in [0.25, 0.3) is 5.91 Å². The third-order valence-electron chi connectivity index (χ3n) is 5.71. The smallest absolute Gasteiger partial charge is 0.253 e. The van der Waals surface area contributed by atoms with E-state index in [1.54, 1.807) is 0 Å². The van der Waals surface area contributed by atoms with Crippen LogP contribution in [0, 0.1) is 0 Å². The Labute approximate surface area is 194 Å². The molecule has 0 radical (unpaired) electrons. The molecule has 0 bridgehead atoms. The lowest BCUT2D eigenvalue weighted by atomic mass is 10.1. The number of rotatable bonds is 8. The van der Waals surface area contributed by atoms with Crippen LogP contribution >= 0.6 is 0 Å². The van der Waals surface area contributed by atoms with Crippen LogP contribution in [0.15, 0.2) is 84.9 Å². The highest BCUT2D eigenvalue weighted by molar-refractivity contribution is 5.94. The molecule has 4 rings (SSSR count). The lowest BCUT2D eigenvalue weighted by Crippen LogP contribution is -2.51. The summed E-state index contributed by atoms with van der Waals surface area (Å²) in [4.78, 5) is 29.1. The first-order valence-corrected chi connectivity index (χ1v) is 11.3. The van der Waals surface area contributed by atoms with Crippen LogP contribution in [-0.2, 0) is 17.9 Å². The molecule has 1 N–H and O–H groups in total. The Bertz CT molecular complexity index is 1030. The minimum atomic E-state index is 0.00437. The van der Waals surface area contributed by atoms with Crippen molar-refractivity contribution in [3.63, 3.8) is 0 Å². The summed E-state index contributed by atoms with van der Waals surface area (Å²) in [5.41, 5.74) is 2.83. The highest BCUT2D eigenvalue weighted by atomic mass is 16.5. The van der Waals surface area contributed by atoms with Crippen LogP contribution in [-0.4, -0.2) is 54.3 Å². The summed E-state index contributed by atoms with van der Waals surface area (Å²) in [6, 6.07) is 27.1. The van der Waals surface area contributed by atoms with Crippen LogP contribution < -0.4 is 10.1 Å². The van der Waals surface area contributed by atoms with Gasteiger partial charge in [0.1, 0.15) is 12.4 Å². The lowest BCUT2D eigenvalue weighted by Gasteiger charge is -2.34. The molecule has 0 aliphatic carbocycles. The number of ether oxygens (including phenoxy) is 1. The Morgan fingerprint density at radius 1 is 0.758 bits per heavy atom. The molecule has 1 fully saturated rings. The van der Waals surface area contributed by atoms with Gasteiger partial charge in [-0.05, 0) is 35.4 Å². The highest BCUT2D eigenvalue weighted by Gasteiger charge is 2.23. The molecule has 0 saturated carbocycles. The van der Waals surface area contributed by atoms with Crippen molar-refractivity contribution < 1.29 is 14.3 Å². The number of piperazine rings is 1. The molecular formula is C27H29N3O3.